The summed E-state index contributed by atoms with van der Waals surface area (Å²) in [6, 6.07) is 7.17. The maximum atomic E-state index is 12.4. The van der Waals surface area contributed by atoms with E-state index in [2.05, 4.69) is 26.2 Å². The highest BCUT2D eigenvalue weighted by Crippen LogP contribution is 2.28. The molecule has 3 nitrogen and oxygen atoms in total. The molecule has 0 fully saturated rings. The summed E-state index contributed by atoms with van der Waals surface area (Å²) in [6.07, 6.45) is -3.83. The molecule has 1 N–H and O–H groups in total. The van der Waals surface area contributed by atoms with E-state index in [1.807, 2.05) is 13.0 Å². The summed E-state index contributed by atoms with van der Waals surface area (Å²) in [6.45, 7) is 1.86. The number of aromatic nitrogens is 1. The van der Waals surface area contributed by atoms with Crippen molar-refractivity contribution in [2.45, 2.75) is 13.1 Å². The molecule has 0 aliphatic rings. The first-order valence-electron chi connectivity index (χ1n) is 5.87. The minimum Gasteiger partial charge on any atom is -0.321 e. The van der Waals surface area contributed by atoms with Crippen molar-refractivity contribution in [1.82, 2.24) is 4.98 Å². The van der Waals surface area contributed by atoms with Crippen LogP contribution < -0.4 is 5.32 Å². The molecule has 7 heteroatoms. The van der Waals surface area contributed by atoms with Gasteiger partial charge < -0.3 is 5.32 Å². The van der Waals surface area contributed by atoms with Gasteiger partial charge in [-0.2, -0.15) is 13.2 Å². The molecule has 0 unspecified atom stereocenters. The Kier molecular flexibility index (Phi) is 4.32. The normalized spacial score (nSPS) is 11.3. The van der Waals surface area contributed by atoms with Crippen LogP contribution in [0.3, 0.4) is 0 Å². The second-order valence-corrected chi connectivity index (χ2v) is 5.32. The number of nitrogens with one attached hydrogen (secondary N) is 1. The van der Waals surface area contributed by atoms with Gasteiger partial charge in [0, 0.05) is 16.4 Å². The van der Waals surface area contributed by atoms with Crippen molar-refractivity contribution in [3.8, 4) is 0 Å². The van der Waals surface area contributed by atoms with Crippen molar-refractivity contribution in [3.05, 3.63) is 57.8 Å². The lowest BCUT2D eigenvalue weighted by atomic mass is 10.2. The Morgan fingerprint density at radius 3 is 2.48 bits per heavy atom. The maximum Gasteiger partial charge on any atom is 0.417 e. The van der Waals surface area contributed by atoms with E-state index in [1.54, 1.807) is 12.1 Å². The van der Waals surface area contributed by atoms with Gasteiger partial charge in [-0.05, 0) is 42.8 Å². The highest BCUT2D eigenvalue weighted by atomic mass is 79.9. The summed E-state index contributed by atoms with van der Waals surface area (Å²) >= 11 is 3.30. The van der Waals surface area contributed by atoms with Crippen molar-refractivity contribution in [2.24, 2.45) is 0 Å². The molecule has 21 heavy (non-hydrogen) atoms. The number of aryl methyl sites for hydroxylation is 1. The third-order valence-corrected chi connectivity index (χ3v) is 3.08. The quantitative estimate of drug-likeness (QED) is 0.862. The number of alkyl halides is 3. The van der Waals surface area contributed by atoms with Crippen LogP contribution in [-0.4, -0.2) is 10.9 Å². The lowest BCUT2D eigenvalue weighted by Crippen LogP contribution is -2.15. The predicted molar refractivity (Wildman–Crippen MR) is 76.1 cm³/mol. The molecule has 2 aromatic rings. The number of benzene rings is 1. The molecule has 0 aliphatic heterocycles. The molecule has 0 saturated heterocycles. The lowest BCUT2D eigenvalue weighted by Gasteiger charge is -2.08. The first-order chi connectivity index (χ1) is 9.75. The van der Waals surface area contributed by atoms with Gasteiger partial charge >= 0.3 is 6.18 Å². The third kappa shape index (κ3) is 4.04. The van der Waals surface area contributed by atoms with E-state index in [1.165, 1.54) is 0 Å². The number of anilines is 1. The highest BCUT2D eigenvalue weighted by Gasteiger charge is 2.30. The first kappa shape index (κ1) is 15.5. The van der Waals surface area contributed by atoms with Crippen molar-refractivity contribution >= 4 is 27.5 Å². The predicted octanol–water partition coefficient (Wildman–Crippen LogP) is 4.42. The molecule has 0 spiro atoms. The number of carbonyl (C=O) groups is 1. The summed E-state index contributed by atoms with van der Waals surface area (Å²) in [5, 5.41) is 2.59. The monoisotopic (exact) mass is 358 g/mol. The van der Waals surface area contributed by atoms with E-state index in [-0.39, 0.29) is 5.69 Å². The van der Waals surface area contributed by atoms with Gasteiger partial charge in [0.2, 0.25) is 0 Å². The van der Waals surface area contributed by atoms with E-state index in [9.17, 15) is 18.0 Å². The molecule has 0 bridgehead atoms. The van der Waals surface area contributed by atoms with Crippen LogP contribution in [0.2, 0.25) is 0 Å². The van der Waals surface area contributed by atoms with Gasteiger partial charge in [-0.25, -0.2) is 0 Å². The van der Waals surface area contributed by atoms with Crippen molar-refractivity contribution in [3.63, 3.8) is 0 Å². The molecular weight excluding hydrogens is 349 g/mol. The summed E-state index contributed by atoms with van der Waals surface area (Å²) in [5.74, 6) is -0.568. The number of nitrogens with zero attached hydrogens (tertiary/aromatic N) is 1. The number of amides is 1. The Morgan fingerprint density at radius 2 is 1.95 bits per heavy atom. The van der Waals surface area contributed by atoms with Crippen LogP contribution in [0.15, 0.2) is 41.0 Å². The molecule has 0 atom stereocenters. The van der Waals surface area contributed by atoms with E-state index in [4.69, 9.17) is 0 Å². The van der Waals surface area contributed by atoms with E-state index < -0.39 is 17.6 Å². The fraction of sp³-hybridized carbons (Fsp3) is 0.143. The number of carbonyl (C=O) groups excluding carboxylic acids is 1. The number of hydrogen-bond acceptors (Lipinski definition) is 2. The molecule has 1 heterocycles. The second-order valence-electron chi connectivity index (χ2n) is 4.40. The van der Waals surface area contributed by atoms with Crippen LogP contribution in [0.1, 0.15) is 21.6 Å². The van der Waals surface area contributed by atoms with Crippen LogP contribution in [0, 0.1) is 6.92 Å². The van der Waals surface area contributed by atoms with Gasteiger partial charge in [0.1, 0.15) is 5.69 Å². The molecular formula is C14H10BrF3N2O. The van der Waals surface area contributed by atoms with Crippen LogP contribution in [0.5, 0.6) is 0 Å². The minimum atomic E-state index is -4.47. The number of hydrogen-bond donors (Lipinski definition) is 1. The SMILES string of the molecule is Cc1cc(Br)cc(NC(=O)c2ccc(C(F)(F)F)cn2)c1. The lowest BCUT2D eigenvalue weighted by molar-refractivity contribution is -0.137. The number of rotatable bonds is 2. The number of pyridine rings is 1. The van der Waals surface area contributed by atoms with Crippen molar-refractivity contribution < 1.29 is 18.0 Å². The maximum absolute atomic E-state index is 12.4. The zero-order valence-corrected chi connectivity index (χ0v) is 12.4. The Bertz CT molecular complexity index is 649. The standard InChI is InChI=1S/C14H10BrF3N2O/c1-8-4-10(15)6-11(5-8)20-13(21)12-3-2-9(7-19-12)14(16,17)18/h2-7H,1H3,(H,20,21). The molecule has 2 rings (SSSR count). The average molecular weight is 359 g/mol. The molecule has 110 valence electrons. The molecule has 0 radical (unpaired) electrons. The van der Waals surface area contributed by atoms with Gasteiger partial charge in [-0.15, -0.1) is 0 Å². The Hall–Kier alpha value is -1.89. The smallest absolute Gasteiger partial charge is 0.321 e. The van der Waals surface area contributed by atoms with Crippen LogP contribution in [0.25, 0.3) is 0 Å². The zero-order valence-electron chi connectivity index (χ0n) is 10.8. The third-order valence-electron chi connectivity index (χ3n) is 2.62. The largest absolute Gasteiger partial charge is 0.417 e. The van der Waals surface area contributed by atoms with E-state index in [0.717, 1.165) is 22.2 Å². The molecule has 1 amide bonds. The van der Waals surface area contributed by atoms with Crippen LogP contribution in [-0.2, 0) is 6.18 Å². The summed E-state index contributed by atoms with van der Waals surface area (Å²) in [5.41, 5.74) is 0.492. The molecule has 0 saturated carbocycles. The molecule has 1 aromatic heterocycles. The van der Waals surface area contributed by atoms with E-state index >= 15 is 0 Å². The highest BCUT2D eigenvalue weighted by molar-refractivity contribution is 9.10. The second kappa shape index (κ2) is 5.85. The van der Waals surface area contributed by atoms with Gasteiger partial charge in [0.05, 0.1) is 5.56 Å². The summed E-state index contributed by atoms with van der Waals surface area (Å²) in [4.78, 5) is 15.5. The topological polar surface area (TPSA) is 42.0 Å². The van der Waals surface area contributed by atoms with E-state index in [0.29, 0.717) is 11.9 Å². The van der Waals surface area contributed by atoms with Gasteiger partial charge in [-0.1, -0.05) is 15.9 Å². The Labute approximate surface area is 127 Å². The van der Waals surface area contributed by atoms with Crippen molar-refractivity contribution in [2.75, 3.05) is 5.32 Å². The summed E-state index contributed by atoms with van der Waals surface area (Å²) in [7, 11) is 0. The zero-order chi connectivity index (χ0) is 15.6. The average Bonchev–Trinajstić information content (AvgIpc) is 2.36. The van der Waals surface area contributed by atoms with Gasteiger partial charge in [0.25, 0.3) is 5.91 Å². The molecule has 0 aliphatic carbocycles. The summed E-state index contributed by atoms with van der Waals surface area (Å²) < 4.78 is 38.0. The Balaban J connectivity index is 2.17. The fourth-order valence-electron chi connectivity index (χ4n) is 1.70. The Morgan fingerprint density at radius 1 is 1.24 bits per heavy atom. The minimum absolute atomic E-state index is 0.0828. The van der Waals surface area contributed by atoms with Crippen LogP contribution in [0.4, 0.5) is 18.9 Å². The van der Waals surface area contributed by atoms with Gasteiger partial charge in [0.15, 0.2) is 0 Å². The van der Waals surface area contributed by atoms with Crippen LogP contribution >= 0.6 is 15.9 Å². The fourth-order valence-corrected chi connectivity index (χ4v) is 2.31. The van der Waals surface area contributed by atoms with Crippen molar-refractivity contribution in [1.29, 1.82) is 0 Å². The van der Waals surface area contributed by atoms with Gasteiger partial charge in [-0.3, -0.25) is 9.78 Å². The molecule has 1 aromatic carbocycles. The first-order valence-corrected chi connectivity index (χ1v) is 6.67. The number of halogens is 4.